The number of aliphatic hydroxyl groups is 1. The van der Waals surface area contributed by atoms with Gasteiger partial charge in [0.1, 0.15) is 11.6 Å². The van der Waals surface area contributed by atoms with E-state index in [1.807, 2.05) is 0 Å². The summed E-state index contributed by atoms with van der Waals surface area (Å²) in [5, 5.41) is 19.4. The Morgan fingerprint density at radius 2 is 1.78 bits per heavy atom. The van der Waals surface area contributed by atoms with Crippen LogP contribution in [0.1, 0.15) is 58.2 Å². The molecule has 2 aromatic carbocycles. The van der Waals surface area contributed by atoms with E-state index in [1.54, 1.807) is 66.9 Å². The summed E-state index contributed by atoms with van der Waals surface area (Å²) in [4.78, 5) is 29.4. The predicted octanol–water partition coefficient (Wildman–Crippen LogP) is 3.69. The predicted molar refractivity (Wildman–Crippen MR) is 140 cm³/mol. The Kier molecular flexibility index (Phi) is 10.2. The number of hydrogen-bond acceptors (Lipinski definition) is 7. The van der Waals surface area contributed by atoms with E-state index in [2.05, 4.69) is 20.9 Å². The first kappa shape index (κ1) is 26.7. The molecule has 190 valence electrons. The van der Waals surface area contributed by atoms with Crippen LogP contribution in [0.3, 0.4) is 0 Å². The Bertz CT molecular complexity index is 1120. The van der Waals surface area contributed by atoms with Gasteiger partial charge in [-0.1, -0.05) is 31.0 Å². The van der Waals surface area contributed by atoms with Crippen molar-refractivity contribution in [1.82, 2.24) is 10.3 Å². The lowest BCUT2D eigenvalue weighted by Crippen LogP contribution is -2.24. The number of amides is 2. The number of carbonyl (C=O) groups excluding carboxylic acids is 2. The molecule has 3 aromatic rings. The molecule has 0 aliphatic carbocycles. The second kappa shape index (κ2) is 13.8. The van der Waals surface area contributed by atoms with Gasteiger partial charge in [0, 0.05) is 29.6 Å². The van der Waals surface area contributed by atoms with Gasteiger partial charge >= 0.3 is 0 Å². The third-order valence-electron chi connectivity index (χ3n) is 5.58. The molecule has 1 heterocycles. The van der Waals surface area contributed by atoms with Crippen LogP contribution in [0.5, 0.6) is 5.75 Å². The number of carbonyl (C=O) groups is 2. The highest BCUT2D eigenvalue weighted by atomic mass is 16.5. The van der Waals surface area contributed by atoms with E-state index in [0.717, 1.165) is 25.7 Å². The van der Waals surface area contributed by atoms with E-state index in [4.69, 9.17) is 10.5 Å². The van der Waals surface area contributed by atoms with Gasteiger partial charge in [-0.3, -0.25) is 9.59 Å². The summed E-state index contributed by atoms with van der Waals surface area (Å²) in [5.41, 5.74) is 7.23. The van der Waals surface area contributed by atoms with Crippen molar-refractivity contribution in [2.24, 2.45) is 5.73 Å². The van der Waals surface area contributed by atoms with Crippen LogP contribution in [0.25, 0.3) is 0 Å². The second-order valence-corrected chi connectivity index (χ2v) is 8.21. The van der Waals surface area contributed by atoms with Crippen molar-refractivity contribution in [2.45, 2.75) is 31.9 Å². The zero-order valence-corrected chi connectivity index (χ0v) is 20.4. The number of unbranched alkanes of at least 4 members (excludes halogenated alkanes) is 3. The van der Waals surface area contributed by atoms with Crippen molar-refractivity contribution in [3.05, 3.63) is 83.6 Å². The first-order chi connectivity index (χ1) is 17.5. The average Bonchev–Trinajstić information content (AvgIpc) is 2.91. The quantitative estimate of drug-likeness (QED) is 0.181. The fourth-order valence-corrected chi connectivity index (χ4v) is 3.56. The average molecular weight is 492 g/mol. The molecule has 9 heteroatoms. The number of aromatic nitrogens is 1. The van der Waals surface area contributed by atoms with Gasteiger partial charge in [-0.2, -0.15) is 0 Å². The summed E-state index contributed by atoms with van der Waals surface area (Å²) < 4.78 is 5.26. The van der Waals surface area contributed by atoms with E-state index in [-0.39, 0.29) is 11.5 Å². The molecule has 2 amide bonds. The molecular weight excluding hydrogens is 458 g/mol. The van der Waals surface area contributed by atoms with Gasteiger partial charge in [0.05, 0.1) is 12.7 Å². The lowest BCUT2D eigenvalue weighted by molar-refractivity contribution is 0.0951. The molecule has 36 heavy (non-hydrogen) atoms. The Balaban J connectivity index is 1.63. The Morgan fingerprint density at radius 1 is 1.00 bits per heavy atom. The van der Waals surface area contributed by atoms with Gasteiger partial charge in [-0.15, -0.1) is 0 Å². The normalized spacial score (nSPS) is 11.4. The highest BCUT2D eigenvalue weighted by Crippen LogP contribution is 2.26. The molecule has 6 N–H and O–H groups in total. The molecular formula is C27H33N5O4. The Labute approximate surface area is 211 Å². The maximum atomic E-state index is 12.9. The molecule has 9 nitrogen and oxygen atoms in total. The SMILES string of the molecule is COc1ccc(NC(O)c2ccc(C(=O)NCCCCCCN)cc2)c(C(=O)Nc2ccccn2)c1. The molecule has 0 aliphatic heterocycles. The minimum atomic E-state index is -1.11. The number of benzene rings is 2. The Morgan fingerprint density at radius 3 is 2.47 bits per heavy atom. The molecule has 0 radical (unpaired) electrons. The standard InChI is InChI=1S/C27H33N5O4/c1-36-21-13-14-23(22(18-21)27(35)32-24-8-4-7-16-29-24)31-26(34)20-11-9-19(10-12-20)25(33)30-17-6-3-2-5-15-28/h4,7-14,16,18,26,31,34H,2-3,5-6,15,17,28H2,1H3,(H,30,33)(H,29,32,35). The minimum Gasteiger partial charge on any atom is -0.497 e. The zero-order valence-electron chi connectivity index (χ0n) is 20.4. The molecule has 1 unspecified atom stereocenters. The number of pyridine rings is 1. The van der Waals surface area contributed by atoms with Gasteiger partial charge in [-0.25, -0.2) is 4.98 Å². The minimum absolute atomic E-state index is 0.161. The van der Waals surface area contributed by atoms with Crippen LogP contribution in [0.15, 0.2) is 66.9 Å². The number of nitrogens with one attached hydrogen (secondary N) is 3. The van der Waals surface area contributed by atoms with E-state index < -0.39 is 12.1 Å². The molecule has 1 aromatic heterocycles. The largest absolute Gasteiger partial charge is 0.497 e. The number of methoxy groups -OCH3 is 1. The summed E-state index contributed by atoms with van der Waals surface area (Å²) in [7, 11) is 1.51. The molecule has 0 spiro atoms. The highest BCUT2D eigenvalue weighted by Gasteiger charge is 2.17. The van der Waals surface area contributed by atoms with E-state index in [0.29, 0.717) is 41.5 Å². The molecule has 0 fully saturated rings. The van der Waals surface area contributed by atoms with Crippen LogP contribution in [-0.4, -0.2) is 42.1 Å². The summed E-state index contributed by atoms with van der Waals surface area (Å²) in [6.07, 6.45) is 4.47. The van der Waals surface area contributed by atoms with Gasteiger partial charge in [0.25, 0.3) is 11.8 Å². The number of aliphatic hydroxyl groups excluding tert-OH is 1. The van der Waals surface area contributed by atoms with Crippen molar-refractivity contribution < 1.29 is 19.4 Å². The van der Waals surface area contributed by atoms with Gasteiger partial charge < -0.3 is 31.5 Å². The summed E-state index contributed by atoms with van der Waals surface area (Å²) >= 11 is 0. The van der Waals surface area contributed by atoms with Gasteiger partial charge in [0.15, 0.2) is 6.23 Å². The van der Waals surface area contributed by atoms with Crippen LogP contribution in [0, 0.1) is 0 Å². The third-order valence-corrected chi connectivity index (χ3v) is 5.58. The smallest absolute Gasteiger partial charge is 0.259 e. The molecule has 0 aliphatic rings. The van der Waals surface area contributed by atoms with Gasteiger partial charge in [-0.05, 0) is 61.9 Å². The van der Waals surface area contributed by atoms with Crippen LogP contribution >= 0.6 is 0 Å². The van der Waals surface area contributed by atoms with Crippen molar-refractivity contribution in [3.8, 4) is 5.75 Å². The van der Waals surface area contributed by atoms with E-state index in [9.17, 15) is 14.7 Å². The summed E-state index contributed by atoms with van der Waals surface area (Å²) in [6.45, 7) is 1.30. The van der Waals surface area contributed by atoms with Crippen molar-refractivity contribution in [2.75, 3.05) is 30.8 Å². The van der Waals surface area contributed by atoms with Crippen LogP contribution < -0.4 is 26.4 Å². The maximum Gasteiger partial charge on any atom is 0.259 e. The number of ether oxygens (including phenoxy) is 1. The van der Waals surface area contributed by atoms with E-state index >= 15 is 0 Å². The fourth-order valence-electron chi connectivity index (χ4n) is 3.56. The van der Waals surface area contributed by atoms with Crippen molar-refractivity contribution in [1.29, 1.82) is 0 Å². The van der Waals surface area contributed by atoms with Crippen LogP contribution in [0.4, 0.5) is 11.5 Å². The fraction of sp³-hybridized carbons (Fsp3) is 0.296. The summed E-state index contributed by atoms with van der Waals surface area (Å²) in [5.74, 6) is 0.334. The van der Waals surface area contributed by atoms with Crippen molar-refractivity contribution in [3.63, 3.8) is 0 Å². The lowest BCUT2D eigenvalue weighted by atomic mass is 10.1. The number of anilines is 2. The topological polar surface area (TPSA) is 139 Å². The number of hydrogen-bond donors (Lipinski definition) is 5. The number of nitrogens with zero attached hydrogens (tertiary/aromatic N) is 1. The third kappa shape index (κ3) is 7.79. The monoisotopic (exact) mass is 491 g/mol. The first-order valence-electron chi connectivity index (χ1n) is 11.9. The molecule has 0 saturated carbocycles. The molecule has 0 saturated heterocycles. The van der Waals surface area contributed by atoms with E-state index in [1.165, 1.54) is 7.11 Å². The first-order valence-corrected chi connectivity index (χ1v) is 11.9. The van der Waals surface area contributed by atoms with Gasteiger partial charge in [0.2, 0.25) is 0 Å². The number of rotatable bonds is 13. The molecule has 1 atom stereocenters. The maximum absolute atomic E-state index is 12.9. The molecule has 0 bridgehead atoms. The highest BCUT2D eigenvalue weighted by molar-refractivity contribution is 6.08. The lowest BCUT2D eigenvalue weighted by Gasteiger charge is -2.18. The second-order valence-electron chi connectivity index (χ2n) is 8.21. The van der Waals surface area contributed by atoms with Crippen LogP contribution in [0.2, 0.25) is 0 Å². The van der Waals surface area contributed by atoms with Crippen molar-refractivity contribution >= 4 is 23.3 Å². The zero-order chi connectivity index (χ0) is 25.8. The molecule has 3 rings (SSSR count). The Hall–Kier alpha value is -3.95. The summed E-state index contributed by atoms with van der Waals surface area (Å²) in [6, 6.07) is 16.8. The van der Waals surface area contributed by atoms with Crippen LogP contribution in [-0.2, 0) is 0 Å². The number of nitrogens with two attached hydrogens (primary N) is 1.